The van der Waals surface area contributed by atoms with Crippen LogP contribution in [-0.2, 0) is 11.2 Å². The third-order valence-corrected chi connectivity index (χ3v) is 5.21. The van der Waals surface area contributed by atoms with Gasteiger partial charge in [0.05, 0.1) is 22.8 Å². The molecule has 138 valence electrons. The predicted molar refractivity (Wildman–Crippen MR) is 106 cm³/mol. The van der Waals surface area contributed by atoms with Gasteiger partial charge in [0.1, 0.15) is 5.82 Å². The standard InChI is InChI=1S/C19H25N5OS/c1-12-14(13(2)24-23-12)8-9-18(25)20-17(10-11-26-3)19-21-15-6-4-5-7-16(15)22-19/h4-7,17H,8-11H2,1-3H3,(H,20,25)(H,21,22)(H,23,24). The number of para-hydroxylation sites is 2. The fourth-order valence-electron chi connectivity index (χ4n) is 3.10. The van der Waals surface area contributed by atoms with E-state index in [1.807, 2.05) is 38.1 Å². The van der Waals surface area contributed by atoms with E-state index < -0.39 is 0 Å². The molecule has 0 aliphatic heterocycles. The molecule has 3 aromatic rings. The molecule has 3 rings (SSSR count). The highest BCUT2D eigenvalue weighted by molar-refractivity contribution is 7.98. The Morgan fingerprint density at radius 1 is 1.31 bits per heavy atom. The van der Waals surface area contributed by atoms with Gasteiger partial charge in [-0.2, -0.15) is 16.9 Å². The van der Waals surface area contributed by atoms with Gasteiger partial charge in [-0.1, -0.05) is 12.1 Å². The monoisotopic (exact) mass is 371 g/mol. The van der Waals surface area contributed by atoms with E-state index in [-0.39, 0.29) is 11.9 Å². The molecule has 7 heteroatoms. The molecule has 0 saturated carbocycles. The number of nitrogens with one attached hydrogen (secondary N) is 3. The maximum Gasteiger partial charge on any atom is 0.220 e. The van der Waals surface area contributed by atoms with E-state index in [1.54, 1.807) is 11.8 Å². The number of nitrogens with zero attached hydrogens (tertiary/aromatic N) is 2. The number of aromatic nitrogens is 4. The van der Waals surface area contributed by atoms with E-state index in [9.17, 15) is 4.79 Å². The molecule has 0 aliphatic carbocycles. The average molecular weight is 372 g/mol. The van der Waals surface area contributed by atoms with Crippen LogP contribution in [0.25, 0.3) is 11.0 Å². The first kappa shape index (κ1) is 18.5. The molecular weight excluding hydrogens is 346 g/mol. The Labute approximate surface area is 157 Å². The van der Waals surface area contributed by atoms with Gasteiger partial charge in [-0.3, -0.25) is 9.89 Å². The summed E-state index contributed by atoms with van der Waals surface area (Å²) in [7, 11) is 0. The number of hydrogen-bond donors (Lipinski definition) is 3. The summed E-state index contributed by atoms with van der Waals surface area (Å²) in [4.78, 5) is 20.5. The first-order valence-corrected chi connectivity index (χ1v) is 10.2. The largest absolute Gasteiger partial charge is 0.346 e. The Kier molecular flexibility index (Phi) is 5.98. The van der Waals surface area contributed by atoms with Crippen LogP contribution < -0.4 is 5.32 Å². The topological polar surface area (TPSA) is 86.5 Å². The first-order valence-electron chi connectivity index (χ1n) is 8.82. The van der Waals surface area contributed by atoms with Gasteiger partial charge in [-0.15, -0.1) is 0 Å². The van der Waals surface area contributed by atoms with Crippen molar-refractivity contribution in [2.75, 3.05) is 12.0 Å². The van der Waals surface area contributed by atoms with Crippen molar-refractivity contribution in [1.82, 2.24) is 25.5 Å². The highest BCUT2D eigenvalue weighted by Gasteiger charge is 2.18. The molecular formula is C19H25N5OS. The number of benzene rings is 1. The number of amides is 1. The Morgan fingerprint density at radius 2 is 2.12 bits per heavy atom. The summed E-state index contributed by atoms with van der Waals surface area (Å²) in [6, 6.07) is 7.83. The number of hydrogen-bond acceptors (Lipinski definition) is 4. The summed E-state index contributed by atoms with van der Waals surface area (Å²) >= 11 is 1.77. The quantitative estimate of drug-likeness (QED) is 0.566. The molecule has 0 spiro atoms. The smallest absolute Gasteiger partial charge is 0.220 e. The van der Waals surface area contributed by atoms with Gasteiger partial charge in [-0.25, -0.2) is 4.98 Å². The maximum atomic E-state index is 12.5. The van der Waals surface area contributed by atoms with E-state index in [4.69, 9.17) is 0 Å². The number of fused-ring (bicyclic) bond motifs is 1. The lowest BCUT2D eigenvalue weighted by Gasteiger charge is -2.16. The summed E-state index contributed by atoms with van der Waals surface area (Å²) in [6.07, 6.45) is 4.05. The Balaban J connectivity index is 1.68. The second-order valence-corrected chi connectivity index (χ2v) is 7.44. The highest BCUT2D eigenvalue weighted by Crippen LogP contribution is 2.20. The number of imidazole rings is 1. The highest BCUT2D eigenvalue weighted by atomic mass is 32.2. The minimum absolute atomic E-state index is 0.0385. The summed E-state index contributed by atoms with van der Waals surface area (Å²) in [6.45, 7) is 3.95. The molecule has 26 heavy (non-hydrogen) atoms. The molecule has 0 aliphatic rings. The van der Waals surface area contributed by atoms with Gasteiger partial charge in [0.15, 0.2) is 0 Å². The molecule has 1 aromatic carbocycles. The zero-order valence-corrected chi connectivity index (χ0v) is 16.2. The van der Waals surface area contributed by atoms with Crippen LogP contribution in [0.4, 0.5) is 0 Å². The molecule has 0 bridgehead atoms. The molecule has 1 atom stereocenters. The van der Waals surface area contributed by atoms with Crippen LogP contribution in [0, 0.1) is 13.8 Å². The SMILES string of the molecule is CSCCC(NC(=O)CCc1c(C)n[nH]c1C)c1nc2ccccc2[nH]1. The number of rotatable bonds is 8. The summed E-state index contributed by atoms with van der Waals surface area (Å²) in [5.41, 5.74) is 5.05. The fourth-order valence-corrected chi connectivity index (χ4v) is 3.57. The zero-order valence-electron chi connectivity index (χ0n) is 15.4. The lowest BCUT2D eigenvalue weighted by atomic mass is 10.1. The molecule has 0 radical (unpaired) electrons. The second kappa shape index (κ2) is 8.40. The van der Waals surface area contributed by atoms with Crippen LogP contribution in [0.5, 0.6) is 0 Å². The van der Waals surface area contributed by atoms with Gasteiger partial charge in [-0.05, 0) is 56.4 Å². The normalized spacial score (nSPS) is 12.4. The lowest BCUT2D eigenvalue weighted by molar-refractivity contribution is -0.121. The fraction of sp³-hybridized carbons (Fsp3) is 0.421. The van der Waals surface area contributed by atoms with Crippen molar-refractivity contribution in [3.63, 3.8) is 0 Å². The van der Waals surface area contributed by atoms with Gasteiger partial charge in [0.2, 0.25) is 5.91 Å². The van der Waals surface area contributed by atoms with Crippen molar-refractivity contribution in [3.8, 4) is 0 Å². The van der Waals surface area contributed by atoms with Gasteiger partial charge >= 0.3 is 0 Å². The van der Waals surface area contributed by atoms with Crippen LogP contribution in [0.15, 0.2) is 24.3 Å². The zero-order chi connectivity index (χ0) is 18.5. The molecule has 2 heterocycles. The summed E-state index contributed by atoms with van der Waals surface area (Å²) in [5.74, 6) is 1.82. The lowest BCUT2D eigenvalue weighted by Crippen LogP contribution is -2.30. The number of thioether (sulfide) groups is 1. The van der Waals surface area contributed by atoms with Gasteiger partial charge in [0.25, 0.3) is 0 Å². The molecule has 1 amide bonds. The molecule has 0 saturated heterocycles. The van der Waals surface area contributed by atoms with Crippen LogP contribution in [0.2, 0.25) is 0 Å². The van der Waals surface area contributed by atoms with Crippen LogP contribution in [-0.4, -0.2) is 38.1 Å². The third-order valence-electron chi connectivity index (χ3n) is 4.57. The molecule has 0 fully saturated rings. The van der Waals surface area contributed by atoms with Gasteiger partial charge < -0.3 is 10.3 Å². The number of aromatic amines is 2. The van der Waals surface area contributed by atoms with Crippen molar-refractivity contribution in [3.05, 3.63) is 47.0 Å². The van der Waals surface area contributed by atoms with Crippen LogP contribution >= 0.6 is 11.8 Å². The van der Waals surface area contributed by atoms with Crippen LogP contribution in [0.1, 0.15) is 41.7 Å². The van der Waals surface area contributed by atoms with Crippen LogP contribution in [0.3, 0.4) is 0 Å². The Bertz CT molecular complexity index is 833. The van der Waals surface area contributed by atoms with E-state index >= 15 is 0 Å². The summed E-state index contributed by atoms with van der Waals surface area (Å²) < 4.78 is 0. The number of carbonyl (C=O) groups excluding carboxylic acids is 1. The number of aryl methyl sites for hydroxylation is 2. The van der Waals surface area contributed by atoms with E-state index in [2.05, 4.69) is 31.7 Å². The summed E-state index contributed by atoms with van der Waals surface area (Å²) in [5, 5.41) is 10.3. The van der Waals surface area contributed by atoms with E-state index in [1.165, 1.54) is 0 Å². The molecule has 3 N–H and O–H groups in total. The second-order valence-electron chi connectivity index (χ2n) is 6.45. The minimum atomic E-state index is -0.103. The van der Waals surface area contributed by atoms with Gasteiger partial charge in [0, 0.05) is 12.1 Å². The minimum Gasteiger partial charge on any atom is -0.346 e. The van der Waals surface area contributed by atoms with E-state index in [0.29, 0.717) is 12.8 Å². The van der Waals surface area contributed by atoms with Crippen molar-refractivity contribution in [2.45, 2.75) is 39.2 Å². The molecule has 2 aromatic heterocycles. The first-order chi connectivity index (χ1) is 12.6. The van der Waals surface area contributed by atoms with Crippen molar-refractivity contribution >= 4 is 28.7 Å². The number of carbonyl (C=O) groups is 1. The Morgan fingerprint density at radius 3 is 2.81 bits per heavy atom. The number of H-pyrrole nitrogens is 2. The molecule has 1 unspecified atom stereocenters. The predicted octanol–water partition coefficient (Wildman–Crippen LogP) is 3.45. The van der Waals surface area contributed by atoms with Crippen molar-refractivity contribution in [1.29, 1.82) is 0 Å². The molecule has 6 nitrogen and oxygen atoms in total. The van der Waals surface area contributed by atoms with Crippen molar-refractivity contribution < 1.29 is 4.79 Å². The van der Waals surface area contributed by atoms with E-state index in [0.717, 1.165) is 46.0 Å². The van der Waals surface area contributed by atoms with Crippen molar-refractivity contribution in [2.24, 2.45) is 0 Å². The average Bonchev–Trinajstić information content (AvgIpc) is 3.20. The third kappa shape index (κ3) is 4.27. The Hall–Kier alpha value is -2.28. The maximum absolute atomic E-state index is 12.5.